The van der Waals surface area contributed by atoms with E-state index in [1.165, 1.54) is 0 Å². The summed E-state index contributed by atoms with van der Waals surface area (Å²) in [6.07, 6.45) is 1.93. The highest BCUT2D eigenvalue weighted by molar-refractivity contribution is 4.61. The van der Waals surface area contributed by atoms with Crippen molar-refractivity contribution in [3.63, 3.8) is 0 Å². The molecule has 0 aliphatic rings. The minimum absolute atomic E-state index is 0.0727. The molecule has 0 aliphatic carbocycles. The van der Waals surface area contributed by atoms with E-state index < -0.39 is 0 Å². The Morgan fingerprint density at radius 1 is 1.57 bits per heavy atom. The van der Waals surface area contributed by atoms with Crippen molar-refractivity contribution in [1.29, 1.82) is 0 Å². The van der Waals surface area contributed by atoms with Crippen LogP contribution in [0.15, 0.2) is 0 Å². The van der Waals surface area contributed by atoms with Crippen LogP contribution in [0, 0.1) is 6.92 Å². The molecule has 0 aromatic carbocycles. The van der Waals surface area contributed by atoms with Crippen LogP contribution in [-0.2, 0) is 0 Å². The van der Waals surface area contributed by atoms with Gasteiger partial charge in [0.05, 0.1) is 0 Å². The van der Waals surface area contributed by atoms with Gasteiger partial charge < -0.3 is 11.5 Å². The Morgan fingerprint density at radius 2 is 2.14 bits per heavy atom. The van der Waals surface area contributed by atoms with E-state index in [4.69, 9.17) is 11.5 Å². The topological polar surface area (TPSA) is 52.0 Å². The summed E-state index contributed by atoms with van der Waals surface area (Å²) in [6.45, 7) is 4.32. The highest BCUT2D eigenvalue weighted by atomic mass is 14.6. The summed E-state index contributed by atoms with van der Waals surface area (Å²) in [5.41, 5.74) is 10.5. The number of rotatable bonds is 3. The van der Waals surface area contributed by atoms with Gasteiger partial charge >= 0.3 is 0 Å². The average molecular weight is 101 g/mol. The SMILES string of the molecule is [CH2]C(N)CCCN. The molecule has 0 aliphatic heterocycles. The predicted octanol–water partition coefficient (Wildman–Crippen LogP) is -0.113. The molecule has 0 saturated heterocycles. The predicted molar refractivity (Wildman–Crippen MR) is 31.6 cm³/mol. The molecule has 0 aromatic heterocycles. The Morgan fingerprint density at radius 3 is 2.29 bits per heavy atom. The molecule has 0 fully saturated rings. The maximum Gasteiger partial charge on any atom is 0.00398 e. The van der Waals surface area contributed by atoms with Crippen molar-refractivity contribution in [2.45, 2.75) is 18.9 Å². The molecule has 0 heterocycles. The zero-order chi connectivity index (χ0) is 5.70. The van der Waals surface area contributed by atoms with Gasteiger partial charge in [0.1, 0.15) is 0 Å². The molecule has 1 unspecified atom stereocenters. The number of hydrogen-bond acceptors (Lipinski definition) is 2. The Labute approximate surface area is 44.9 Å². The maximum absolute atomic E-state index is 5.31. The lowest BCUT2D eigenvalue weighted by molar-refractivity contribution is 0.672. The molecule has 4 N–H and O–H groups in total. The van der Waals surface area contributed by atoms with Gasteiger partial charge in [0.25, 0.3) is 0 Å². The fourth-order valence-corrected chi connectivity index (χ4v) is 0.380. The van der Waals surface area contributed by atoms with Crippen molar-refractivity contribution >= 4 is 0 Å². The molecule has 7 heavy (non-hydrogen) atoms. The second kappa shape index (κ2) is 4.09. The van der Waals surface area contributed by atoms with Crippen molar-refractivity contribution in [2.75, 3.05) is 6.54 Å². The number of nitrogens with two attached hydrogens (primary N) is 2. The van der Waals surface area contributed by atoms with E-state index in [9.17, 15) is 0 Å². The van der Waals surface area contributed by atoms with E-state index in [1.807, 2.05) is 0 Å². The summed E-state index contributed by atoms with van der Waals surface area (Å²) >= 11 is 0. The van der Waals surface area contributed by atoms with Crippen molar-refractivity contribution in [2.24, 2.45) is 11.5 Å². The van der Waals surface area contributed by atoms with Gasteiger partial charge in [-0.2, -0.15) is 0 Å². The van der Waals surface area contributed by atoms with Crippen molar-refractivity contribution in [1.82, 2.24) is 0 Å². The Hall–Kier alpha value is -0.0800. The summed E-state index contributed by atoms with van der Waals surface area (Å²) in [7, 11) is 0. The van der Waals surface area contributed by atoms with Gasteiger partial charge in [-0.1, -0.05) is 0 Å². The summed E-state index contributed by atoms with van der Waals surface area (Å²) in [4.78, 5) is 0. The lowest BCUT2D eigenvalue weighted by atomic mass is 10.2. The largest absolute Gasteiger partial charge is 0.330 e. The first-order valence-corrected chi connectivity index (χ1v) is 2.56. The molecule has 2 heteroatoms. The van der Waals surface area contributed by atoms with Gasteiger partial charge in [-0.15, -0.1) is 0 Å². The van der Waals surface area contributed by atoms with E-state index >= 15 is 0 Å². The van der Waals surface area contributed by atoms with Gasteiger partial charge in [-0.3, -0.25) is 0 Å². The van der Waals surface area contributed by atoms with E-state index in [1.54, 1.807) is 0 Å². The zero-order valence-electron chi connectivity index (χ0n) is 4.56. The molecular formula is C5H13N2. The second-order valence-corrected chi connectivity index (χ2v) is 1.69. The van der Waals surface area contributed by atoms with Crippen LogP contribution in [0.3, 0.4) is 0 Å². The summed E-state index contributed by atoms with van der Waals surface area (Å²) < 4.78 is 0. The minimum atomic E-state index is 0.0727. The molecule has 0 bridgehead atoms. The van der Waals surface area contributed by atoms with Crippen LogP contribution >= 0.6 is 0 Å². The third-order valence-electron chi connectivity index (χ3n) is 0.779. The fraction of sp³-hybridized carbons (Fsp3) is 0.800. The molecule has 0 saturated carbocycles. The van der Waals surface area contributed by atoms with Gasteiger partial charge in [0.2, 0.25) is 0 Å². The number of hydrogen-bond donors (Lipinski definition) is 2. The van der Waals surface area contributed by atoms with Crippen LogP contribution in [0.4, 0.5) is 0 Å². The Balaban J connectivity index is 2.68. The van der Waals surface area contributed by atoms with Crippen molar-refractivity contribution < 1.29 is 0 Å². The normalized spacial score (nSPS) is 14.1. The highest BCUT2D eigenvalue weighted by Gasteiger charge is 1.89. The molecule has 1 radical (unpaired) electrons. The Kier molecular flexibility index (Phi) is 4.04. The third-order valence-corrected chi connectivity index (χ3v) is 0.779. The molecule has 2 nitrogen and oxygen atoms in total. The van der Waals surface area contributed by atoms with E-state index in [0.717, 1.165) is 19.4 Å². The van der Waals surface area contributed by atoms with Crippen LogP contribution in [0.1, 0.15) is 12.8 Å². The van der Waals surface area contributed by atoms with Crippen LogP contribution in [-0.4, -0.2) is 12.6 Å². The molecule has 0 amide bonds. The first kappa shape index (κ1) is 6.92. The first-order valence-electron chi connectivity index (χ1n) is 2.56. The van der Waals surface area contributed by atoms with Crippen LogP contribution in [0.25, 0.3) is 0 Å². The van der Waals surface area contributed by atoms with Crippen LogP contribution in [0.5, 0.6) is 0 Å². The van der Waals surface area contributed by atoms with E-state index in [0.29, 0.717) is 0 Å². The second-order valence-electron chi connectivity index (χ2n) is 1.69. The van der Waals surface area contributed by atoms with Gasteiger partial charge in [0.15, 0.2) is 0 Å². The van der Waals surface area contributed by atoms with Gasteiger partial charge in [-0.25, -0.2) is 0 Å². The molecule has 0 aromatic rings. The van der Waals surface area contributed by atoms with Crippen molar-refractivity contribution in [3.05, 3.63) is 6.92 Å². The average Bonchev–Trinajstić information content (AvgIpc) is 1.61. The molecule has 1 atom stereocenters. The quantitative estimate of drug-likeness (QED) is 0.521. The molecule has 0 rings (SSSR count). The first-order chi connectivity index (χ1) is 3.27. The maximum atomic E-state index is 5.31. The van der Waals surface area contributed by atoms with E-state index in [2.05, 4.69) is 6.92 Å². The monoisotopic (exact) mass is 101 g/mol. The fourth-order valence-electron chi connectivity index (χ4n) is 0.380. The van der Waals surface area contributed by atoms with Gasteiger partial charge in [0, 0.05) is 6.04 Å². The molecule has 43 valence electrons. The summed E-state index contributed by atoms with van der Waals surface area (Å²) in [6, 6.07) is 0.0727. The van der Waals surface area contributed by atoms with Gasteiger partial charge in [-0.05, 0) is 26.3 Å². The Bertz CT molecular complexity index is 35.1. The smallest absolute Gasteiger partial charge is 0.00398 e. The molecular weight excluding hydrogens is 88.1 g/mol. The third kappa shape index (κ3) is 5.92. The summed E-state index contributed by atoms with van der Waals surface area (Å²) in [5, 5.41) is 0. The molecule has 0 spiro atoms. The lowest BCUT2D eigenvalue weighted by Gasteiger charge is -1.99. The lowest BCUT2D eigenvalue weighted by Crippen LogP contribution is -2.16. The highest BCUT2D eigenvalue weighted by Crippen LogP contribution is 1.87. The summed E-state index contributed by atoms with van der Waals surface area (Å²) in [5.74, 6) is 0. The van der Waals surface area contributed by atoms with Crippen LogP contribution in [0.2, 0.25) is 0 Å². The van der Waals surface area contributed by atoms with Crippen molar-refractivity contribution in [3.8, 4) is 0 Å². The zero-order valence-corrected chi connectivity index (χ0v) is 4.56. The van der Waals surface area contributed by atoms with Crippen LogP contribution < -0.4 is 11.5 Å². The minimum Gasteiger partial charge on any atom is -0.330 e. The standard InChI is InChI=1S/C5H13N2/c1-5(7)3-2-4-6/h5H,1-4,6-7H2. The van der Waals surface area contributed by atoms with E-state index in [-0.39, 0.29) is 6.04 Å².